The average molecular weight is 337 g/mol. The minimum absolute atomic E-state index is 0.278. The van der Waals surface area contributed by atoms with Gasteiger partial charge >= 0.3 is 0 Å². The van der Waals surface area contributed by atoms with Crippen LogP contribution in [0.25, 0.3) is 0 Å². The summed E-state index contributed by atoms with van der Waals surface area (Å²) in [5.41, 5.74) is 0.339. The predicted octanol–water partition coefficient (Wildman–Crippen LogP) is 3.02. The number of aliphatic hydroxyl groups excluding tert-OH is 1. The van der Waals surface area contributed by atoms with Crippen molar-refractivity contribution in [2.45, 2.75) is 6.10 Å². The Morgan fingerprint density at radius 2 is 1.79 bits per heavy atom. The van der Waals surface area contributed by atoms with E-state index in [1.165, 1.54) is 6.07 Å². The van der Waals surface area contributed by atoms with Gasteiger partial charge in [0.05, 0.1) is 13.2 Å². The number of hydrogen-bond donors (Lipinski definition) is 1. The number of nitrogens with zero attached hydrogens (tertiary/aromatic N) is 1. The van der Waals surface area contributed by atoms with Crippen molar-refractivity contribution in [2.24, 2.45) is 0 Å². The molecule has 0 amide bonds. The number of ether oxygens (including phenoxy) is 2. The van der Waals surface area contributed by atoms with Crippen molar-refractivity contribution in [3.05, 3.63) is 59.7 Å². The molecule has 0 saturated heterocycles. The Morgan fingerprint density at radius 3 is 2.46 bits per heavy atom. The standard InChI is InChI=1S/C18H21F2NO3/c1-21(9-10-24-18-6-4-3-5-17(18)23-2)12-16(22)13-7-8-14(19)15(20)11-13/h3-8,11,16,22H,9-10,12H2,1-2H3. The van der Waals surface area contributed by atoms with E-state index in [1.807, 2.05) is 36.2 Å². The molecule has 2 aromatic rings. The smallest absolute Gasteiger partial charge is 0.161 e. The van der Waals surface area contributed by atoms with Gasteiger partial charge in [0.25, 0.3) is 0 Å². The van der Waals surface area contributed by atoms with Crippen molar-refractivity contribution >= 4 is 0 Å². The highest BCUT2D eigenvalue weighted by molar-refractivity contribution is 5.39. The van der Waals surface area contributed by atoms with E-state index in [0.29, 0.717) is 30.2 Å². The number of hydrogen-bond acceptors (Lipinski definition) is 4. The lowest BCUT2D eigenvalue weighted by Gasteiger charge is -2.21. The molecule has 0 aromatic heterocycles. The molecule has 2 aromatic carbocycles. The molecule has 130 valence electrons. The maximum Gasteiger partial charge on any atom is 0.161 e. The normalized spacial score (nSPS) is 12.2. The average Bonchev–Trinajstić information content (AvgIpc) is 2.57. The first-order valence-electron chi connectivity index (χ1n) is 7.58. The van der Waals surface area contributed by atoms with E-state index in [4.69, 9.17) is 9.47 Å². The molecule has 0 spiro atoms. The predicted molar refractivity (Wildman–Crippen MR) is 87.3 cm³/mol. The molecule has 0 radical (unpaired) electrons. The van der Waals surface area contributed by atoms with E-state index in [9.17, 15) is 13.9 Å². The number of benzene rings is 2. The Hall–Kier alpha value is -2.18. The van der Waals surface area contributed by atoms with E-state index >= 15 is 0 Å². The molecule has 0 fully saturated rings. The second-order valence-electron chi connectivity index (χ2n) is 5.45. The maximum absolute atomic E-state index is 13.2. The number of rotatable bonds is 8. The van der Waals surface area contributed by atoms with Gasteiger partial charge in [0.1, 0.15) is 6.61 Å². The third kappa shape index (κ3) is 4.91. The highest BCUT2D eigenvalue weighted by Gasteiger charge is 2.13. The molecule has 1 unspecified atom stereocenters. The van der Waals surface area contributed by atoms with E-state index < -0.39 is 17.7 Å². The lowest BCUT2D eigenvalue weighted by molar-refractivity contribution is 0.117. The first-order valence-corrected chi connectivity index (χ1v) is 7.58. The minimum Gasteiger partial charge on any atom is -0.493 e. The summed E-state index contributed by atoms with van der Waals surface area (Å²) in [6.07, 6.45) is -0.906. The van der Waals surface area contributed by atoms with Gasteiger partial charge in [0.15, 0.2) is 23.1 Å². The fourth-order valence-corrected chi connectivity index (χ4v) is 2.26. The van der Waals surface area contributed by atoms with Crippen molar-refractivity contribution in [3.8, 4) is 11.5 Å². The molecule has 0 heterocycles. The van der Waals surface area contributed by atoms with Crippen LogP contribution in [0, 0.1) is 11.6 Å². The summed E-state index contributed by atoms with van der Waals surface area (Å²) in [6.45, 7) is 1.24. The fraction of sp³-hybridized carbons (Fsp3) is 0.333. The molecular weight excluding hydrogens is 316 g/mol. The molecular formula is C18H21F2NO3. The summed E-state index contributed by atoms with van der Waals surface area (Å²) in [5.74, 6) is -0.588. The van der Waals surface area contributed by atoms with Gasteiger partial charge in [-0.15, -0.1) is 0 Å². The van der Waals surface area contributed by atoms with Gasteiger partial charge in [0.2, 0.25) is 0 Å². The highest BCUT2D eigenvalue weighted by Crippen LogP contribution is 2.25. The first-order chi connectivity index (χ1) is 11.5. The van der Waals surface area contributed by atoms with E-state index in [0.717, 1.165) is 12.1 Å². The number of halogens is 2. The van der Waals surface area contributed by atoms with E-state index in [2.05, 4.69) is 0 Å². The lowest BCUT2D eigenvalue weighted by atomic mass is 10.1. The van der Waals surface area contributed by atoms with Crippen molar-refractivity contribution < 1.29 is 23.4 Å². The summed E-state index contributed by atoms with van der Waals surface area (Å²) in [7, 11) is 3.39. The fourth-order valence-electron chi connectivity index (χ4n) is 2.26. The van der Waals surface area contributed by atoms with Crippen LogP contribution in [0.1, 0.15) is 11.7 Å². The van der Waals surface area contributed by atoms with Crippen molar-refractivity contribution in [2.75, 3.05) is 33.9 Å². The van der Waals surface area contributed by atoms with Crippen LogP contribution in [0.5, 0.6) is 11.5 Å². The molecule has 0 aliphatic rings. The van der Waals surface area contributed by atoms with Gasteiger partial charge in [-0.25, -0.2) is 8.78 Å². The monoisotopic (exact) mass is 337 g/mol. The molecule has 1 N–H and O–H groups in total. The van der Waals surface area contributed by atoms with Gasteiger partial charge < -0.3 is 19.5 Å². The van der Waals surface area contributed by atoms with Crippen LogP contribution in [0.4, 0.5) is 8.78 Å². The molecule has 6 heteroatoms. The molecule has 4 nitrogen and oxygen atoms in total. The van der Waals surface area contributed by atoms with Crippen molar-refractivity contribution in [1.82, 2.24) is 4.90 Å². The Balaban J connectivity index is 1.82. The van der Waals surface area contributed by atoms with Gasteiger partial charge in [-0.05, 0) is 36.9 Å². The first kappa shape index (κ1) is 18.2. The van der Waals surface area contributed by atoms with Crippen LogP contribution in [0.15, 0.2) is 42.5 Å². The van der Waals surface area contributed by atoms with Crippen LogP contribution in [0.2, 0.25) is 0 Å². The van der Waals surface area contributed by atoms with Gasteiger partial charge in [0, 0.05) is 13.1 Å². The van der Waals surface area contributed by atoms with E-state index in [-0.39, 0.29) is 6.54 Å². The Bertz CT molecular complexity index is 666. The summed E-state index contributed by atoms with van der Waals surface area (Å²) < 4.78 is 37.0. The molecule has 24 heavy (non-hydrogen) atoms. The Morgan fingerprint density at radius 1 is 1.08 bits per heavy atom. The molecule has 2 rings (SSSR count). The quantitative estimate of drug-likeness (QED) is 0.804. The highest BCUT2D eigenvalue weighted by atomic mass is 19.2. The lowest BCUT2D eigenvalue weighted by Crippen LogP contribution is -2.29. The summed E-state index contributed by atoms with van der Waals surface area (Å²) in [5, 5.41) is 10.1. The summed E-state index contributed by atoms with van der Waals surface area (Å²) in [4.78, 5) is 1.85. The number of likely N-dealkylation sites (N-methyl/N-ethyl adjacent to an activating group) is 1. The van der Waals surface area contributed by atoms with Crippen molar-refractivity contribution in [1.29, 1.82) is 0 Å². The van der Waals surface area contributed by atoms with Crippen LogP contribution in [0.3, 0.4) is 0 Å². The van der Waals surface area contributed by atoms with Crippen LogP contribution >= 0.6 is 0 Å². The SMILES string of the molecule is COc1ccccc1OCCN(C)CC(O)c1ccc(F)c(F)c1. The number of methoxy groups -OCH3 is 1. The topological polar surface area (TPSA) is 41.9 Å². The zero-order valence-electron chi connectivity index (χ0n) is 13.7. The maximum atomic E-state index is 13.2. The zero-order chi connectivity index (χ0) is 17.5. The second kappa shape index (κ2) is 8.61. The Kier molecular flexibility index (Phi) is 6.52. The third-order valence-corrected chi connectivity index (χ3v) is 3.61. The largest absolute Gasteiger partial charge is 0.493 e. The van der Waals surface area contributed by atoms with Crippen LogP contribution < -0.4 is 9.47 Å². The van der Waals surface area contributed by atoms with Gasteiger partial charge in [-0.2, -0.15) is 0 Å². The second-order valence-corrected chi connectivity index (χ2v) is 5.45. The van der Waals surface area contributed by atoms with Crippen molar-refractivity contribution in [3.63, 3.8) is 0 Å². The number of para-hydroxylation sites is 2. The minimum atomic E-state index is -0.964. The summed E-state index contributed by atoms with van der Waals surface area (Å²) in [6, 6.07) is 10.7. The molecule has 0 saturated carbocycles. The van der Waals surface area contributed by atoms with Gasteiger partial charge in [-0.3, -0.25) is 0 Å². The molecule has 1 atom stereocenters. The number of aliphatic hydroxyl groups is 1. The molecule has 0 aliphatic carbocycles. The molecule has 0 aliphatic heterocycles. The zero-order valence-corrected chi connectivity index (χ0v) is 13.7. The molecule has 0 bridgehead atoms. The summed E-state index contributed by atoms with van der Waals surface area (Å²) >= 11 is 0. The van der Waals surface area contributed by atoms with Crippen LogP contribution in [-0.4, -0.2) is 43.9 Å². The van der Waals surface area contributed by atoms with Gasteiger partial charge in [-0.1, -0.05) is 18.2 Å². The third-order valence-electron chi connectivity index (χ3n) is 3.61. The van der Waals surface area contributed by atoms with E-state index in [1.54, 1.807) is 7.11 Å². The Labute approximate surface area is 140 Å². The van der Waals surface area contributed by atoms with Crippen LogP contribution in [-0.2, 0) is 0 Å².